The molecule has 6 heteroatoms. The number of hydrogen-bond acceptors (Lipinski definition) is 4. The summed E-state index contributed by atoms with van der Waals surface area (Å²) in [5.41, 5.74) is 5.27. The first kappa shape index (κ1) is 14.4. The molecule has 0 rings (SSSR count). The molecule has 5 nitrogen and oxygen atoms in total. The van der Waals surface area contributed by atoms with Crippen LogP contribution >= 0.6 is 0 Å². The molecule has 0 saturated heterocycles. The van der Waals surface area contributed by atoms with Crippen LogP contribution in [-0.4, -0.2) is 38.4 Å². The van der Waals surface area contributed by atoms with Crippen LogP contribution in [-0.2, 0) is 14.6 Å². The van der Waals surface area contributed by atoms with Gasteiger partial charge in [0.05, 0.1) is 5.25 Å². The second-order valence-electron chi connectivity index (χ2n) is 3.55. The molecule has 90 valence electrons. The van der Waals surface area contributed by atoms with Crippen molar-refractivity contribution in [3.8, 4) is 0 Å². The van der Waals surface area contributed by atoms with E-state index in [9.17, 15) is 13.2 Å². The number of hydrogen-bond donors (Lipinski definition) is 2. The number of sulfone groups is 1. The lowest BCUT2D eigenvalue weighted by molar-refractivity contribution is -0.118. The van der Waals surface area contributed by atoms with E-state index in [2.05, 4.69) is 5.32 Å². The summed E-state index contributed by atoms with van der Waals surface area (Å²) >= 11 is 0. The van der Waals surface area contributed by atoms with E-state index >= 15 is 0 Å². The standard InChI is InChI=1S/C9H20N2O3S/c1-3-6-11-9(12)7-15(13,14)8(2)4-5-10/h8H,3-7,10H2,1-2H3,(H,11,12). The first-order chi connectivity index (χ1) is 6.94. The highest BCUT2D eigenvalue weighted by atomic mass is 32.2. The van der Waals surface area contributed by atoms with Crippen LogP contribution in [0.25, 0.3) is 0 Å². The third-order valence-electron chi connectivity index (χ3n) is 2.09. The molecule has 0 aromatic rings. The number of nitrogens with one attached hydrogen (secondary N) is 1. The summed E-state index contributed by atoms with van der Waals surface area (Å²) in [7, 11) is -3.34. The van der Waals surface area contributed by atoms with E-state index in [-0.39, 0.29) is 0 Å². The lowest BCUT2D eigenvalue weighted by Crippen LogP contribution is -2.35. The summed E-state index contributed by atoms with van der Waals surface area (Å²) in [4.78, 5) is 11.2. The number of carbonyl (C=O) groups excluding carboxylic acids is 1. The Kier molecular flexibility index (Phi) is 6.51. The van der Waals surface area contributed by atoms with Gasteiger partial charge in [0.1, 0.15) is 5.75 Å². The fourth-order valence-corrected chi connectivity index (χ4v) is 2.30. The molecule has 1 atom stereocenters. The predicted molar refractivity (Wildman–Crippen MR) is 60.2 cm³/mol. The smallest absolute Gasteiger partial charge is 0.235 e. The van der Waals surface area contributed by atoms with Gasteiger partial charge in [-0.25, -0.2) is 8.42 Å². The summed E-state index contributed by atoms with van der Waals surface area (Å²) in [5.74, 6) is -0.866. The zero-order chi connectivity index (χ0) is 11.9. The Morgan fingerprint density at radius 3 is 2.53 bits per heavy atom. The highest BCUT2D eigenvalue weighted by Crippen LogP contribution is 2.05. The highest BCUT2D eigenvalue weighted by molar-refractivity contribution is 7.92. The van der Waals surface area contributed by atoms with E-state index in [1.54, 1.807) is 6.92 Å². The SMILES string of the molecule is CCCNC(=O)CS(=O)(=O)C(C)CCN. The van der Waals surface area contributed by atoms with Gasteiger partial charge in [0.25, 0.3) is 0 Å². The molecule has 0 fully saturated rings. The second kappa shape index (κ2) is 6.79. The summed E-state index contributed by atoms with van der Waals surface area (Å²) in [5, 5.41) is 1.99. The van der Waals surface area contributed by atoms with Crippen molar-refractivity contribution in [2.75, 3.05) is 18.8 Å². The van der Waals surface area contributed by atoms with Crippen LogP contribution in [0.4, 0.5) is 0 Å². The Balaban J connectivity index is 4.19. The fourth-order valence-electron chi connectivity index (χ4n) is 1.05. The quantitative estimate of drug-likeness (QED) is 0.633. The van der Waals surface area contributed by atoms with Gasteiger partial charge in [-0.1, -0.05) is 6.92 Å². The highest BCUT2D eigenvalue weighted by Gasteiger charge is 2.23. The summed E-state index contributed by atoms with van der Waals surface area (Å²) in [6, 6.07) is 0. The Bertz CT molecular complexity index is 288. The Morgan fingerprint density at radius 1 is 1.47 bits per heavy atom. The molecule has 1 unspecified atom stereocenters. The van der Waals surface area contributed by atoms with Crippen LogP contribution in [0.1, 0.15) is 26.7 Å². The first-order valence-corrected chi connectivity index (χ1v) is 6.84. The zero-order valence-corrected chi connectivity index (χ0v) is 10.1. The molecule has 0 aliphatic heterocycles. The molecule has 0 aromatic carbocycles. The molecular weight excluding hydrogens is 216 g/mol. The van der Waals surface area contributed by atoms with Gasteiger partial charge in [0, 0.05) is 6.54 Å². The number of amides is 1. The molecule has 0 aromatic heterocycles. The molecule has 1 amide bonds. The van der Waals surface area contributed by atoms with Gasteiger partial charge in [0.15, 0.2) is 9.84 Å². The van der Waals surface area contributed by atoms with E-state index < -0.39 is 26.7 Å². The van der Waals surface area contributed by atoms with Crippen molar-refractivity contribution in [1.29, 1.82) is 0 Å². The average molecular weight is 236 g/mol. The van der Waals surface area contributed by atoms with Crippen LogP contribution < -0.4 is 11.1 Å². The van der Waals surface area contributed by atoms with Crippen molar-refractivity contribution in [3.63, 3.8) is 0 Å². The topological polar surface area (TPSA) is 89.3 Å². The largest absolute Gasteiger partial charge is 0.355 e. The van der Waals surface area contributed by atoms with Crippen molar-refractivity contribution >= 4 is 15.7 Å². The molecule has 0 spiro atoms. The van der Waals surface area contributed by atoms with E-state index in [1.807, 2.05) is 6.92 Å². The van der Waals surface area contributed by atoms with Crippen LogP contribution in [0.5, 0.6) is 0 Å². The van der Waals surface area contributed by atoms with Crippen LogP contribution in [0.15, 0.2) is 0 Å². The molecule has 0 radical (unpaired) electrons. The molecule has 15 heavy (non-hydrogen) atoms. The zero-order valence-electron chi connectivity index (χ0n) is 9.32. The van der Waals surface area contributed by atoms with E-state index in [0.29, 0.717) is 19.5 Å². The van der Waals surface area contributed by atoms with Gasteiger partial charge < -0.3 is 11.1 Å². The van der Waals surface area contributed by atoms with Crippen molar-refractivity contribution < 1.29 is 13.2 Å². The lowest BCUT2D eigenvalue weighted by Gasteiger charge is -2.11. The maximum absolute atomic E-state index is 11.6. The van der Waals surface area contributed by atoms with Gasteiger partial charge >= 0.3 is 0 Å². The van der Waals surface area contributed by atoms with Crippen LogP contribution in [0.2, 0.25) is 0 Å². The van der Waals surface area contributed by atoms with Crippen LogP contribution in [0.3, 0.4) is 0 Å². The number of rotatable bonds is 7. The monoisotopic (exact) mass is 236 g/mol. The second-order valence-corrected chi connectivity index (χ2v) is 5.96. The van der Waals surface area contributed by atoms with Gasteiger partial charge in [0.2, 0.25) is 5.91 Å². The predicted octanol–water partition coefficient (Wildman–Crippen LogP) is -0.335. The van der Waals surface area contributed by atoms with Gasteiger partial charge in [-0.05, 0) is 26.3 Å². The van der Waals surface area contributed by atoms with Gasteiger partial charge in [-0.15, -0.1) is 0 Å². The number of carbonyl (C=O) groups is 1. The normalized spacial score (nSPS) is 13.5. The van der Waals surface area contributed by atoms with Crippen LogP contribution in [0, 0.1) is 0 Å². The maximum atomic E-state index is 11.6. The molecule has 3 N–H and O–H groups in total. The van der Waals surface area contributed by atoms with Crippen molar-refractivity contribution in [2.45, 2.75) is 31.9 Å². The maximum Gasteiger partial charge on any atom is 0.235 e. The Labute approximate surface area is 91.3 Å². The minimum Gasteiger partial charge on any atom is -0.355 e. The van der Waals surface area contributed by atoms with Crippen molar-refractivity contribution in [3.05, 3.63) is 0 Å². The third-order valence-corrected chi connectivity index (χ3v) is 4.22. The van der Waals surface area contributed by atoms with E-state index in [1.165, 1.54) is 0 Å². The summed E-state index contributed by atoms with van der Waals surface area (Å²) in [6.07, 6.45) is 1.19. The summed E-state index contributed by atoms with van der Waals surface area (Å²) < 4.78 is 23.2. The fraction of sp³-hybridized carbons (Fsp3) is 0.889. The molecule has 0 aliphatic rings. The molecule has 0 saturated carbocycles. The lowest BCUT2D eigenvalue weighted by atomic mass is 10.3. The Morgan fingerprint density at radius 2 is 2.07 bits per heavy atom. The van der Waals surface area contributed by atoms with Crippen molar-refractivity contribution in [2.24, 2.45) is 5.73 Å². The minimum atomic E-state index is -3.34. The first-order valence-electron chi connectivity index (χ1n) is 5.12. The van der Waals surface area contributed by atoms with Crippen molar-refractivity contribution in [1.82, 2.24) is 5.32 Å². The molecule has 0 bridgehead atoms. The summed E-state index contributed by atoms with van der Waals surface area (Å²) in [6.45, 7) is 4.32. The Hall–Kier alpha value is -0.620. The van der Waals surface area contributed by atoms with Gasteiger partial charge in [-0.3, -0.25) is 4.79 Å². The molecule has 0 heterocycles. The molecular formula is C9H20N2O3S. The van der Waals surface area contributed by atoms with Gasteiger partial charge in [-0.2, -0.15) is 0 Å². The minimum absolute atomic E-state index is 0.316. The number of nitrogens with two attached hydrogens (primary N) is 1. The van der Waals surface area contributed by atoms with E-state index in [4.69, 9.17) is 5.73 Å². The third kappa shape index (κ3) is 5.74. The molecule has 0 aliphatic carbocycles. The average Bonchev–Trinajstić information content (AvgIpc) is 2.14. The van der Waals surface area contributed by atoms with E-state index in [0.717, 1.165) is 6.42 Å².